The van der Waals surface area contributed by atoms with E-state index in [-0.39, 0.29) is 6.10 Å². The molecule has 0 bridgehead atoms. The molecule has 2 unspecified atom stereocenters. The molecule has 0 amide bonds. The molecule has 2 rings (SSSR count). The van der Waals surface area contributed by atoms with Crippen LogP contribution in [0.3, 0.4) is 0 Å². The Balaban J connectivity index is 2.25. The molecule has 0 radical (unpaired) electrons. The number of nitrogens with zero attached hydrogens (tertiary/aromatic N) is 2. The summed E-state index contributed by atoms with van der Waals surface area (Å²) in [4.78, 5) is 7.15. The number of ether oxygens (including phenoxy) is 1. The molecule has 1 aromatic rings. The lowest BCUT2D eigenvalue weighted by atomic mass is 9.95. The molecule has 1 fully saturated rings. The Kier molecular flexibility index (Phi) is 5.00. The average molecular weight is 277 g/mol. The fraction of sp³-hybridized carbons (Fsp3) is 0.688. The Bertz CT molecular complexity index is 447. The highest BCUT2D eigenvalue weighted by Gasteiger charge is 2.27. The Labute approximate surface area is 122 Å². The molecule has 1 aliphatic heterocycles. The molecule has 0 saturated carbocycles. The highest BCUT2D eigenvalue weighted by atomic mass is 16.5. The zero-order chi connectivity index (χ0) is 14.7. The van der Waals surface area contributed by atoms with Crippen LogP contribution in [0.2, 0.25) is 0 Å². The van der Waals surface area contributed by atoms with Crippen molar-refractivity contribution in [2.45, 2.75) is 45.8 Å². The van der Waals surface area contributed by atoms with Crippen molar-refractivity contribution in [3.05, 3.63) is 23.4 Å². The van der Waals surface area contributed by atoms with E-state index in [9.17, 15) is 0 Å². The predicted molar refractivity (Wildman–Crippen MR) is 83.0 cm³/mol. The summed E-state index contributed by atoms with van der Waals surface area (Å²) in [6, 6.07) is 4.24. The van der Waals surface area contributed by atoms with E-state index in [2.05, 4.69) is 37.8 Å². The summed E-state index contributed by atoms with van der Waals surface area (Å²) in [5.41, 5.74) is 8.10. The van der Waals surface area contributed by atoms with Gasteiger partial charge in [-0.15, -0.1) is 0 Å². The fourth-order valence-corrected chi connectivity index (χ4v) is 2.72. The monoisotopic (exact) mass is 277 g/mol. The molecule has 112 valence electrons. The van der Waals surface area contributed by atoms with E-state index in [4.69, 9.17) is 15.5 Å². The smallest absolute Gasteiger partial charge is 0.129 e. The first-order chi connectivity index (χ1) is 9.55. The quantitative estimate of drug-likeness (QED) is 0.919. The maximum absolute atomic E-state index is 5.82. The number of piperidine rings is 1. The third-order valence-corrected chi connectivity index (χ3v) is 4.23. The van der Waals surface area contributed by atoms with Crippen molar-refractivity contribution < 1.29 is 4.74 Å². The number of aromatic nitrogens is 1. The summed E-state index contributed by atoms with van der Waals surface area (Å²) < 4.78 is 5.60. The van der Waals surface area contributed by atoms with Crippen molar-refractivity contribution in [2.24, 2.45) is 11.7 Å². The van der Waals surface area contributed by atoms with Crippen LogP contribution in [-0.2, 0) is 11.3 Å². The molecule has 4 heteroatoms. The molecule has 0 spiro atoms. The average Bonchev–Trinajstić information content (AvgIpc) is 2.47. The molecule has 1 aromatic heterocycles. The molecule has 0 aromatic carbocycles. The Morgan fingerprint density at radius 2 is 2.20 bits per heavy atom. The van der Waals surface area contributed by atoms with Crippen LogP contribution in [-0.4, -0.2) is 31.3 Å². The molecular weight excluding hydrogens is 250 g/mol. The highest BCUT2D eigenvalue weighted by molar-refractivity contribution is 5.44. The van der Waals surface area contributed by atoms with Crippen molar-refractivity contribution in [3.63, 3.8) is 0 Å². The first kappa shape index (κ1) is 15.3. The molecule has 1 saturated heterocycles. The maximum atomic E-state index is 5.82. The van der Waals surface area contributed by atoms with Gasteiger partial charge in [-0.1, -0.05) is 20.8 Å². The number of pyridine rings is 1. The van der Waals surface area contributed by atoms with Gasteiger partial charge in [-0.2, -0.15) is 0 Å². The van der Waals surface area contributed by atoms with Crippen LogP contribution in [0.1, 0.15) is 44.4 Å². The van der Waals surface area contributed by atoms with Gasteiger partial charge >= 0.3 is 0 Å². The minimum absolute atomic E-state index is 0.287. The summed E-state index contributed by atoms with van der Waals surface area (Å²) >= 11 is 0. The van der Waals surface area contributed by atoms with E-state index in [1.807, 2.05) is 0 Å². The molecule has 4 nitrogen and oxygen atoms in total. The zero-order valence-electron chi connectivity index (χ0n) is 13.1. The fourth-order valence-electron chi connectivity index (χ4n) is 2.72. The summed E-state index contributed by atoms with van der Waals surface area (Å²) in [6.07, 6.45) is 1.43. The van der Waals surface area contributed by atoms with Gasteiger partial charge < -0.3 is 15.4 Å². The molecule has 20 heavy (non-hydrogen) atoms. The lowest BCUT2D eigenvalue weighted by Crippen LogP contribution is -2.44. The largest absolute Gasteiger partial charge is 0.379 e. The van der Waals surface area contributed by atoms with Gasteiger partial charge in [0.2, 0.25) is 0 Å². The van der Waals surface area contributed by atoms with Crippen LogP contribution in [0.25, 0.3) is 0 Å². The number of nitrogens with two attached hydrogens (primary N) is 1. The van der Waals surface area contributed by atoms with Crippen LogP contribution in [0.5, 0.6) is 0 Å². The highest BCUT2D eigenvalue weighted by Crippen LogP contribution is 2.26. The third-order valence-electron chi connectivity index (χ3n) is 4.23. The first-order valence-electron chi connectivity index (χ1n) is 7.53. The molecule has 2 atom stereocenters. The predicted octanol–water partition coefficient (Wildman–Crippen LogP) is 2.52. The van der Waals surface area contributed by atoms with Gasteiger partial charge in [-0.3, -0.25) is 0 Å². The Hall–Kier alpha value is -1.13. The van der Waals surface area contributed by atoms with Gasteiger partial charge in [0.15, 0.2) is 0 Å². The van der Waals surface area contributed by atoms with Crippen LogP contribution in [0.15, 0.2) is 12.1 Å². The third kappa shape index (κ3) is 3.30. The van der Waals surface area contributed by atoms with Crippen LogP contribution >= 0.6 is 0 Å². The molecular formula is C16H27N3O. The van der Waals surface area contributed by atoms with Crippen LogP contribution in [0, 0.1) is 5.92 Å². The van der Waals surface area contributed by atoms with E-state index in [0.29, 0.717) is 18.4 Å². The van der Waals surface area contributed by atoms with Crippen molar-refractivity contribution in [3.8, 4) is 0 Å². The second-order valence-electron chi connectivity index (χ2n) is 6.10. The first-order valence-corrected chi connectivity index (χ1v) is 7.53. The summed E-state index contributed by atoms with van der Waals surface area (Å²) in [5.74, 6) is 2.08. The lowest BCUT2D eigenvalue weighted by molar-refractivity contribution is 0.0496. The normalized spacial score (nSPS) is 23.4. The molecule has 2 heterocycles. The van der Waals surface area contributed by atoms with Crippen LogP contribution in [0.4, 0.5) is 5.82 Å². The number of methoxy groups -OCH3 is 1. The minimum atomic E-state index is 0.287. The molecule has 2 N–H and O–H groups in total. The van der Waals surface area contributed by atoms with Crippen molar-refractivity contribution >= 4 is 5.82 Å². The van der Waals surface area contributed by atoms with Crippen molar-refractivity contribution in [1.29, 1.82) is 0 Å². The van der Waals surface area contributed by atoms with Crippen molar-refractivity contribution in [2.75, 3.05) is 25.1 Å². The maximum Gasteiger partial charge on any atom is 0.129 e. The molecule has 0 aliphatic carbocycles. The molecule has 1 aliphatic rings. The standard InChI is InChI=1S/C16H27N3O/c1-11(2)14-7-13(9-17)8-16(18-14)19-6-5-12(3)15(10-19)20-4/h7-8,11-12,15H,5-6,9-10,17H2,1-4H3. The van der Waals surface area contributed by atoms with E-state index >= 15 is 0 Å². The van der Waals surface area contributed by atoms with Gasteiger partial charge in [0.05, 0.1) is 6.10 Å². The Morgan fingerprint density at radius 1 is 1.45 bits per heavy atom. The van der Waals surface area contributed by atoms with Gasteiger partial charge in [0.25, 0.3) is 0 Å². The number of hydrogen-bond acceptors (Lipinski definition) is 4. The van der Waals surface area contributed by atoms with Crippen molar-refractivity contribution in [1.82, 2.24) is 4.98 Å². The van der Waals surface area contributed by atoms with Gasteiger partial charge in [-0.25, -0.2) is 4.98 Å². The van der Waals surface area contributed by atoms with E-state index in [1.54, 1.807) is 7.11 Å². The number of rotatable bonds is 4. The van der Waals surface area contributed by atoms with E-state index in [1.165, 1.54) is 0 Å². The second kappa shape index (κ2) is 6.55. The Morgan fingerprint density at radius 3 is 2.80 bits per heavy atom. The summed E-state index contributed by atoms with van der Waals surface area (Å²) in [5, 5.41) is 0. The van der Waals surface area contributed by atoms with Crippen LogP contribution < -0.4 is 10.6 Å². The second-order valence-corrected chi connectivity index (χ2v) is 6.10. The lowest BCUT2D eigenvalue weighted by Gasteiger charge is -2.37. The number of anilines is 1. The minimum Gasteiger partial charge on any atom is -0.379 e. The van der Waals surface area contributed by atoms with E-state index < -0.39 is 0 Å². The van der Waals surface area contributed by atoms with E-state index in [0.717, 1.165) is 36.6 Å². The van der Waals surface area contributed by atoms with Gasteiger partial charge in [0, 0.05) is 32.4 Å². The number of hydrogen-bond donors (Lipinski definition) is 1. The summed E-state index contributed by atoms with van der Waals surface area (Å²) in [6.45, 7) is 9.11. The zero-order valence-corrected chi connectivity index (χ0v) is 13.1. The van der Waals surface area contributed by atoms with Gasteiger partial charge in [0.1, 0.15) is 5.82 Å². The SMILES string of the molecule is COC1CN(c2cc(CN)cc(C(C)C)n2)CCC1C. The summed E-state index contributed by atoms with van der Waals surface area (Å²) in [7, 11) is 1.80. The topological polar surface area (TPSA) is 51.4 Å². The van der Waals surface area contributed by atoms with Gasteiger partial charge in [-0.05, 0) is 36.0 Å².